The van der Waals surface area contributed by atoms with Gasteiger partial charge in [0.15, 0.2) is 0 Å². The van der Waals surface area contributed by atoms with E-state index < -0.39 is 0 Å². The summed E-state index contributed by atoms with van der Waals surface area (Å²) in [6.07, 6.45) is 1.38. The average Bonchev–Trinajstić information content (AvgIpc) is 2.60. The van der Waals surface area contributed by atoms with Crippen LogP contribution in [0.15, 0.2) is 30.3 Å². The standard InChI is InChI=1S/C20H34N2O2/c1-5-22(6-2)15-17-24-16-14-21-19(23)12-13-20(3,4)18-10-8-7-9-11-18/h7-11H,5-6,12-17H2,1-4H3,(H,21,23). The fourth-order valence-corrected chi connectivity index (χ4v) is 2.65. The van der Waals surface area contributed by atoms with Gasteiger partial charge in [-0.2, -0.15) is 0 Å². The van der Waals surface area contributed by atoms with Crippen LogP contribution in [0.5, 0.6) is 0 Å². The van der Waals surface area contributed by atoms with E-state index in [2.05, 4.69) is 50.0 Å². The molecular weight excluding hydrogens is 300 g/mol. The molecule has 0 radical (unpaired) electrons. The second-order valence-electron chi connectivity index (χ2n) is 6.74. The maximum Gasteiger partial charge on any atom is 0.220 e. The summed E-state index contributed by atoms with van der Waals surface area (Å²) in [7, 11) is 0. The summed E-state index contributed by atoms with van der Waals surface area (Å²) < 4.78 is 5.58. The molecule has 1 aromatic rings. The van der Waals surface area contributed by atoms with Gasteiger partial charge in [0.1, 0.15) is 0 Å². The first-order chi connectivity index (χ1) is 11.5. The topological polar surface area (TPSA) is 41.6 Å². The number of ether oxygens (including phenoxy) is 1. The lowest BCUT2D eigenvalue weighted by Crippen LogP contribution is -2.31. The van der Waals surface area contributed by atoms with Gasteiger partial charge in [-0.15, -0.1) is 0 Å². The highest BCUT2D eigenvalue weighted by molar-refractivity contribution is 5.75. The van der Waals surface area contributed by atoms with E-state index in [9.17, 15) is 4.79 Å². The molecule has 4 heteroatoms. The Bertz CT molecular complexity index is 456. The number of nitrogens with zero attached hydrogens (tertiary/aromatic N) is 1. The molecule has 0 atom stereocenters. The van der Waals surface area contributed by atoms with Crippen molar-refractivity contribution in [2.75, 3.05) is 39.4 Å². The highest BCUT2D eigenvalue weighted by atomic mass is 16.5. The smallest absolute Gasteiger partial charge is 0.220 e. The zero-order chi connectivity index (χ0) is 17.8. The Morgan fingerprint density at radius 2 is 1.79 bits per heavy atom. The van der Waals surface area contributed by atoms with Crippen LogP contribution < -0.4 is 5.32 Å². The van der Waals surface area contributed by atoms with Crippen molar-refractivity contribution in [3.8, 4) is 0 Å². The minimum absolute atomic E-state index is 0.0128. The third-order valence-corrected chi connectivity index (χ3v) is 4.55. The zero-order valence-corrected chi connectivity index (χ0v) is 15.8. The predicted octanol–water partition coefficient (Wildman–Crippen LogP) is 3.22. The molecule has 0 aromatic heterocycles. The molecule has 4 nitrogen and oxygen atoms in total. The molecule has 0 aliphatic heterocycles. The van der Waals surface area contributed by atoms with E-state index in [1.807, 2.05) is 18.2 Å². The quantitative estimate of drug-likeness (QED) is 0.597. The second-order valence-corrected chi connectivity index (χ2v) is 6.74. The molecule has 0 spiro atoms. The van der Waals surface area contributed by atoms with Gasteiger partial charge in [0.25, 0.3) is 0 Å². The van der Waals surface area contributed by atoms with Crippen molar-refractivity contribution in [3.63, 3.8) is 0 Å². The highest BCUT2D eigenvalue weighted by Gasteiger charge is 2.21. The Kier molecular flexibility index (Phi) is 9.65. The van der Waals surface area contributed by atoms with Crippen LogP contribution in [0.2, 0.25) is 0 Å². The van der Waals surface area contributed by atoms with Crippen molar-refractivity contribution >= 4 is 5.91 Å². The molecule has 24 heavy (non-hydrogen) atoms. The molecule has 1 rings (SSSR count). The maximum atomic E-state index is 12.0. The lowest BCUT2D eigenvalue weighted by atomic mass is 9.80. The van der Waals surface area contributed by atoms with Crippen LogP contribution in [-0.4, -0.2) is 50.2 Å². The van der Waals surface area contributed by atoms with E-state index in [1.54, 1.807) is 0 Å². The van der Waals surface area contributed by atoms with Gasteiger partial charge in [0.2, 0.25) is 5.91 Å². The van der Waals surface area contributed by atoms with Crippen LogP contribution >= 0.6 is 0 Å². The largest absolute Gasteiger partial charge is 0.378 e. The summed E-state index contributed by atoms with van der Waals surface area (Å²) in [5.41, 5.74) is 1.29. The number of hydrogen-bond donors (Lipinski definition) is 1. The number of nitrogens with one attached hydrogen (secondary N) is 1. The van der Waals surface area contributed by atoms with E-state index in [0.29, 0.717) is 19.6 Å². The molecule has 0 fully saturated rings. The number of carbonyl (C=O) groups is 1. The molecule has 1 amide bonds. The van der Waals surface area contributed by atoms with Crippen molar-refractivity contribution in [3.05, 3.63) is 35.9 Å². The molecular formula is C20H34N2O2. The van der Waals surface area contributed by atoms with Crippen molar-refractivity contribution in [1.29, 1.82) is 0 Å². The maximum absolute atomic E-state index is 12.0. The number of hydrogen-bond acceptors (Lipinski definition) is 3. The van der Waals surface area contributed by atoms with Crippen LogP contribution in [-0.2, 0) is 14.9 Å². The monoisotopic (exact) mass is 334 g/mol. The first-order valence-corrected chi connectivity index (χ1v) is 9.12. The Balaban J connectivity index is 2.14. The van der Waals surface area contributed by atoms with E-state index in [4.69, 9.17) is 4.74 Å². The molecule has 0 saturated heterocycles. The van der Waals surface area contributed by atoms with Crippen LogP contribution in [0.4, 0.5) is 0 Å². The fraction of sp³-hybridized carbons (Fsp3) is 0.650. The second kappa shape index (κ2) is 11.2. The number of carbonyl (C=O) groups excluding carboxylic acids is 1. The number of amides is 1. The molecule has 0 bridgehead atoms. The predicted molar refractivity (Wildman–Crippen MR) is 100 cm³/mol. The van der Waals surface area contributed by atoms with Crippen molar-refractivity contribution in [1.82, 2.24) is 10.2 Å². The molecule has 0 saturated carbocycles. The Morgan fingerprint density at radius 3 is 2.42 bits per heavy atom. The molecule has 0 unspecified atom stereocenters. The number of rotatable bonds is 12. The van der Waals surface area contributed by atoms with Crippen molar-refractivity contribution < 1.29 is 9.53 Å². The van der Waals surface area contributed by atoms with Crippen LogP contribution in [0.25, 0.3) is 0 Å². The van der Waals surface area contributed by atoms with E-state index in [0.717, 1.165) is 32.7 Å². The fourth-order valence-electron chi connectivity index (χ4n) is 2.65. The minimum atomic E-state index is 0.0128. The molecule has 1 aromatic carbocycles. The summed E-state index contributed by atoms with van der Waals surface area (Å²) in [5, 5.41) is 2.95. The summed E-state index contributed by atoms with van der Waals surface area (Å²) >= 11 is 0. The van der Waals surface area contributed by atoms with Gasteiger partial charge >= 0.3 is 0 Å². The first kappa shape index (κ1) is 20.7. The van der Waals surface area contributed by atoms with E-state index >= 15 is 0 Å². The summed E-state index contributed by atoms with van der Waals surface area (Å²) in [5.74, 6) is 0.103. The zero-order valence-electron chi connectivity index (χ0n) is 15.8. The van der Waals surface area contributed by atoms with Gasteiger partial charge < -0.3 is 15.0 Å². The molecule has 0 heterocycles. The van der Waals surface area contributed by atoms with Gasteiger partial charge in [0, 0.05) is 19.5 Å². The Morgan fingerprint density at radius 1 is 1.12 bits per heavy atom. The summed E-state index contributed by atoms with van der Waals surface area (Å²) in [6.45, 7) is 13.6. The third kappa shape index (κ3) is 7.93. The van der Waals surface area contributed by atoms with Crippen LogP contribution in [0.1, 0.15) is 46.1 Å². The van der Waals surface area contributed by atoms with Gasteiger partial charge in [0.05, 0.1) is 13.2 Å². The van der Waals surface area contributed by atoms with Gasteiger partial charge in [-0.3, -0.25) is 4.79 Å². The van der Waals surface area contributed by atoms with Crippen molar-refractivity contribution in [2.45, 2.75) is 46.0 Å². The SMILES string of the molecule is CCN(CC)CCOCCNC(=O)CCC(C)(C)c1ccccc1. The highest BCUT2D eigenvalue weighted by Crippen LogP contribution is 2.27. The molecule has 1 N–H and O–H groups in total. The van der Waals surface area contributed by atoms with E-state index in [-0.39, 0.29) is 11.3 Å². The number of likely N-dealkylation sites (N-methyl/N-ethyl adjacent to an activating group) is 1. The van der Waals surface area contributed by atoms with E-state index in [1.165, 1.54) is 5.56 Å². The van der Waals surface area contributed by atoms with Gasteiger partial charge in [-0.25, -0.2) is 0 Å². The summed E-state index contributed by atoms with van der Waals surface area (Å²) in [4.78, 5) is 14.3. The minimum Gasteiger partial charge on any atom is -0.378 e. The third-order valence-electron chi connectivity index (χ3n) is 4.55. The summed E-state index contributed by atoms with van der Waals surface area (Å²) in [6, 6.07) is 10.4. The Labute approximate surface area is 147 Å². The molecule has 0 aliphatic carbocycles. The van der Waals surface area contributed by atoms with Gasteiger partial charge in [-0.05, 0) is 30.5 Å². The lowest BCUT2D eigenvalue weighted by Gasteiger charge is -2.25. The normalized spacial score (nSPS) is 11.7. The number of benzene rings is 1. The van der Waals surface area contributed by atoms with Gasteiger partial charge in [-0.1, -0.05) is 58.0 Å². The van der Waals surface area contributed by atoms with Crippen LogP contribution in [0.3, 0.4) is 0 Å². The lowest BCUT2D eigenvalue weighted by molar-refractivity contribution is -0.121. The first-order valence-electron chi connectivity index (χ1n) is 9.12. The average molecular weight is 335 g/mol. The van der Waals surface area contributed by atoms with Crippen molar-refractivity contribution in [2.24, 2.45) is 0 Å². The Hall–Kier alpha value is -1.39. The molecule has 0 aliphatic rings. The van der Waals surface area contributed by atoms with Crippen LogP contribution in [0, 0.1) is 0 Å². The molecule has 136 valence electrons.